The molecule has 0 saturated heterocycles. The molecule has 2 nitrogen and oxygen atoms in total. The van der Waals surface area contributed by atoms with Gasteiger partial charge in [-0.15, -0.1) is 0 Å². The van der Waals surface area contributed by atoms with Gasteiger partial charge in [0.2, 0.25) is 0 Å². The third kappa shape index (κ3) is 1.38. The molecule has 0 aliphatic heterocycles. The van der Waals surface area contributed by atoms with Crippen molar-refractivity contribution in [3.63, 3.8) is 0 Å². The van der Waals surface area contributed by atoms with Gasteiger partial charge in [-0.1, -0.05) is 24.3 Å². The van der Waals surface area contributed by atoms with Crippen LogP contribution in [-0.4, -0.2) is 11.6 Å². The van der Waals surface area contributed by atoms with Crippen molar-refractivity contribution in [3.8, 4) is 0 Å². The van der Waals surface area contributed by atoms with Gasteiger partial charge < -0.3 is 4.57 Å². The summed E-state index contributed by atoms with van der Waals surface area (Å²) in [6.45, 7) is 2.18. The van der Waals surface area contributed by atoms with E-state index in [0.717, 1.165) is 11.2 Å². The average Bonchev–Trinajstić information content (AvgIpc) is 2.55. The van der Waals surface area contributed by atoms with Crippen molar-refractivity contribution < 1.29 is 0 Å². The molecule has 0 N–H and O–H groups in total. The molecule has 0 bridgehead atoms. The van der Waals surface area contributed by atoms with Crippen molar-refractivity contribution in [3.05, 3.63) is 28.6 Å². The van der Waals surface area contributed by atoms with E-state index in [0.29, 0.717) is 0 Å². The zero-order valence-electron chi connectivity index (χ0n) is 8.74. The number of hydrogen-bond donors (Lipinski definition) is 0. The van der Waals surface area contributed by atoms with Crippen molar-refractivity contribution in [2.24, 2.45) is 12.0 Å². The van der Waals surface area contributed by atoms with Gasteiger partial charge in [0, 0.05) is 14.1 Å². The second kappa shape index (κ2) is 3.58. The predicted molar refractivity (Wildman–Crippen MR) is 61.7 cm³/mol. The van der Waals surface area contributed by atoms with Crippen molar-refractivity contribution in [1.82, 2.24) is 4.57 Å². The fourth-order valence-electron chi connectivity index (χ4n) is 1.60. The number of thiazole rings is 1. The zero-order valence-corrected chi connectivity index (χ0v) is 9.56. The molecule has 0 aliphatic carbocycles. The predicted octanol–water partition coefficient (Wildman–Crippen LogP) is 2.33. The highest BCUT2D eigenvalue weighted by molar-refractivity contribution is 7.16. The number of nitrogens with zero attached hydrogens (tertiary/aromatic N) is 2. The van der Waals surface area contributed by atoms with Crippen LogP contribution >= 0.6 is 11.3 Å². The highest BCUT2D eigenvalue weighted by Crippen LogP contribution is 2.18. The summed E-state index contributed by atoms with van der Waals surface area (Å²) in [4.78, 5) is 5.32. The number of aromatic nitrogens is 1. The first-order chi connectivity index (χ1) is 6.76. The highest BCUT2D eigenvalue weighted by Gasteiger charge is 2.02. The van der Waals surface area contributed by atoms with Crippen molar-refractivity contribution in [1.29, 1.82) is 0 Å². The van der Waals surface area contributed by atoms with E-state index >= 15 is 0 Å². The van der Waals surface area contributed by atoms with Crippen molar-refractivity contribution >= 4 is 21.6 Å². The minimum Gasteiger partial charge on any atom is -0.320 e. The summed E-state index contributed by atoms with van der Waals surface area (Å²) >= 11 is 1.75. The van der Waals surface area contributed by atoms with E-state index in [-0.39, 0.29) is 0 Å². The normalized spacial score (nSPS) is 12.6. The number of benzene rings is 1. The monoisotopic (exact) mass is 206 g/mol. The lowest BCUT2D eigenvalue weighted by Crippen LogP contribution is -2.08. The van der Waals surface area contributed by atoms with Crippen LogP contribution in [0.15, 0.2) is 23.2 Å². The Balaban J connectivity index is 2.79. The summed E-state index contributed by atoms with van der Waals surface area (Å²) < 4.78 is 3.46. The standard InChI is InChI=1S/C11H14N2S/c1-4-8-5-6-9-10(7-8)14-11(12-2)13(9)3/h5-7H,4H2,1-3H3/b12-11-. The van der Waals surface area contributed by atoms with Crippen LogP contribution in [0.5, 0.6) is 0 Å². The third-order valence-electron chi connectivity index (χ3n) is 2.47. The largest absolute Gasteiger partial charge is 0.320 e. The summed E-state index contributed by atoms with van der Waals surface area (Å²) in [6, 6.07) is 6.63. The molecule has 74 valence electrons. The number of rotatable bonds is 1. The second-order valence-electron chi connectivity index (χ2n) is 3.32. The quantitative estimate of drug-likeness (QED) is 0.681. The summed E-state index contributed by atoms with van der Waals surface area (Å²) in [5, 5.41) is 0. The van der Waals surface area contributed by atoms with Crippen LogP contribution in [0.25, 0.3) is 10.2 Å². The molecule has 0 atom stereocenters. The molecule has 0 radical (unpaired) electrons. The third-order valence-corrected chi connectivity index (χ3v) is 3.66. The number of hydrogen-bond acceptors (Lipinski definition) is 2. The molecule has 2 aromatic rings. The Morgan fingerprint density at radius 3 is 2.86 bits per heavy atom. The number of aryl methyl sites for hydroxylation is 2. The SMILES string of the molecule is CCc1ccc2c(c1)s/c(=N\C)n2C. The summed E-state index contributed by atoms with van der Waals surface area (Å²) in [7, 11) is 3.90. The van der Waals surface area contributed by atoms with Gasteiger partial charge in [-0.05, 0) is 24.1 Å². The molecule has 0 spiro atoms. The van der Waals surface area contributed by atoms with E-state index in [9.17, 15) is 0 Å². The minimum absolute atomic E-state index is 1.08. The van der Waals surface area contributed by atoms with Gasteiger partial charge in [0.15, 0.2) is 4.80 Å². The van der Waals surface area contributed by atoms with E-state index in [2.05, 4.69) is 41.7 Å². The van der Waals surface area contributed by atoms with Gasteiger partial charge in [0.25, 0.3) is 0 Å². The maximum Gasteiger partial charge on any atom is 0.185 e. The van der Waals surface area contributed by atoms with Crippen molar-refractivity contribution in [2.75, 3.05) is 7.05 Å². The van der Waals surface area contributed by atoms with Gasteiger partial charge in [-0.25, -0.2) is 0 Å². The van der Waals surface area contributed by atoms with Crippen LogP contribution in [0.3, 0.4) is 0 Å². The van der Waals surface area contributed by atoms with E-state index in [1.807, 2.05) is 7.05 Å². The Hall–Kier alpha value is -1.09. The highest BCUT2D eigenvalue weighted by atomic mass is 32.1. The molecule has 1 aromatic carbocycles. The van der Waals surface area contributed by atoms with Gasteiger partial charge >= 0.3 is 0 Å². The lowest BCUT2D eigenvalue weighted by atomic mass is 10.2. The molecule has 0 aliphatic rings. The summed E-state index contributed by atoms with van der Waals surface area (Å²) in [5.41, 5.74) is 2.66. The van der Waals surface area contributed by atoms with Gasteiger partial charge in [0.05, 0.1) is 10.2 Å². The summed E-state index contributed by atoms with van der Waals surface area (Å²) in [5.74, 6) is 0. The topological polar surface area (TPSA) is 17.3 Å². The first-order valence-corrected chi connectivity index (χ1v) is 5.59. The van der Waals surface area contributed by atoms with E-state index in [1.165, 1.54) is 15.8 Å². The molecular weight excluding hydrogens is 192 g/mol. The van der Waals surface area contributed by atoms with Gasteiger partial charge in [-0.3, -0.25) is 4.99 Å². The van der Waals surface area contributed by atoms with Crippen LogP contribution in [0.1, 0.15) is 12.5 Å². The Morgan fingerprint density at radius 2 is 2.21 bits per heavy atom. The molecule has 3 heteroatoms. The van der Waals surface area contributed by atoms with Gasteiger partial charge in [0.1, 0.15) is 0 Å². The van der Waals surface area contributed by atoms with Crippen LogP contribution in [0.2, 0.25) is 0 Å². The van der Waals surface area contributed by atoms with Crippen LogP contribution in [0, 0.1) is 0 Å². The van der Waals surface area contributed by atoms with E-state index < -0.39 is 0 Å². The molecule has 0 amide bonds. The number of fused-ring (bicyclic) bond motifs is 1. The van der Waals surface area contributed by atoms with Crippen molar-refractivity contribution in [2.45, 2.75) is 13.3 Å². The first-order valence-electron chi connectivity index (χ1n) is 4.77. The Kier molecular flexibility index (Phi) is 2.42. The van der Waals surface area contributed by atoms with E-state index in [1.54, 1.807) is 11.3 Å². The fourth-order valence-corrected chi connectivity index (χ4v) is 2.65. The lowest BCUT2D eigenvalue weighted by Gasteiger charge is -1.97. The average molecular weight is 206 g/mol. The maximum atomic E-state index is 4.24. The smallest absolute Gasteiger partial charge is 0.185 e. The summed E-state index contributed by atoms with van der Waals surface area (Å²) in [6.07, 6.45) is 1.09. The lowest BCUT2D eigenvalue weighted by molar-refractivity contribution is 0.903. The fraction of sp³-hybridized carbons (Fsp3) is 0.364. The Morgan fingerprint density at radius 1 is 1.43 bits per heavy atom. The first kappa shape index (κ1) is 9.46. The second-order valence-corrected chi connectivity index (χ2v) is 4.33. The molecule has 0 unspecified atom stereocenters. The van der Waals surface area contributed by atoms with E-state index in [4.69, 9.17) is 0 Å². The molecule has 0 fully saturated rings. The molecular formula is C11H14N2S. The Labute approximate surface area is 87.5 Å². The molecule has 1 heterocycles. The minimum atomic E-state index is 1.08. The molecule has 2 rings (SSSR count). The zero-order chi connectivity index (χ0) is 10.1. The maximum absolute atomic E-state index is 4.24. The molecule has 0 saturated carbocycles. The van der Waals surface area contributed by atoms with Crippen LogP contribution < -0.4 is 4.80 Å². The molecule has 14 heavy (non-hydrogen) atoms. The molecule has 1 aromatic heterocycles. The van der Waals surface area contributed by atoms with Crippen LogP contribution in [-0.2, 0) is 13.5 Å². The van der Waals surface area contributed by atoms with Gasteiger partial charge in [-0.2, -0.15) is 0 Å². The Bertz CT molecular complexity index is 520. The van der Waals surface area contributed by atoms with Crippen LogP contribution in [0.4, 0.5) is 0 Å².